The molecule has 2 aliphatic rings. The van der Waals surface area contributed by atoms with Crippen LogP contribution in [-0.4, -0.2) is 39.6 Å². The monoisotopic (exact) mass is 472 g/mol. The molecule has 1 N–H and O–H groups in total. The molecular weight excluding hydrogens is 440 g/mol. The van der Waals surface area contributed by atoms with E-state index in [1.807, 2.05) is 0 Å². The lowest BCUT2D eigenvalue weighted by molar-refractivity contribution is 0.0884. The van der Waals surface area contributed by atoms with Crippen molar-refractivity contribution in [2.75, 3.05) is 13.2 Å². The van der Waals surface area contributed by atoms with E-state index in [2.05, 4.69) is 55.3 Å². The van der Waals surface area contributed by atoms with Gasteiger partial charge in [0.25, 0.3) is 5.91 Å². The van der Waals surface area contributed by atoms with Crippen molar-refractivity contribution in [2.24, 2.45) is 5.41 Å². The number of nitrogens with zero attached hydrogens (tertiary/aromatic N) is 3. The average Bonchev–Trinajstić information content (AvgIpc) is 3.48. The topological polar surface area (TPSA) is 86.1 Å². The molecule has 2 aromatic heterocycles. The molecule has 0 bridgehead atoms. The largest absolute Gasteiger partial charge is 0.372 e. The van der Waals surface area contributed by atoms with E-state index < -0.39 is 0 Å². The fraction of sp³-hybridized carbons (Fsp3) is 0.429. The number of ether oxygens (including phenoxy) is 1. The average molecular weight is 473 g/mol. The predicted octanol–water partition coefficient (Wildman–Crippen LogP) is 4.55. The van der Waals surface area contributed by atoms with Crippen LogP contribution < -0.4 is 5.32 Å². The maximum atomic E-state index is 13.1. The van der Waals surface area contributed by atoms with Gasteiger partial charge >= 0.3 is 0 Å². The summed E-state index contributed by atoms with van der Waals surface area (Å²) in [5.41, 5.74) is 5.08. The van der Waals surface area contributed by atoms with Gasteiger partial charge in [-0.05, 0) is 55.7 Å². The van der Waals surface area contributed by atoms with Crippen molar-refractivity contribution in [3.8, 4) is 5.82 Å². The van der Waals surface area contributed by atoms with E-state index in [0.717, 1.165) is 37.1 Å². The summed E-state index contributed by atoms with van der Waals surface area (Å²) in [6.45, 7) is 7.52. The highest BCUT2D eigenvalue weighted by Crippen LogP contribution is 2.40. The zero-order valence-electron chi connectivity index (χ0n) is 20.6. The Labute approximate surface area is 205 Å². The molecule has 182 valence electrons. The molecule has 1 fully saturated rings. The minimum Gasteiger partial charge on any atom is -0.372 e. The summed E-state index contributed by atoms with van der Waals surface area (Å²) in [5.74, 6) is 0.569. The summed E-state index contributed by atoms with van der Waals surface area (Å²) < 4.78 is 7.66. The fourth-order valence-electron chi connectivity index (χ4n) is 5.01. The van der Waals surface area contributed by atoms with Gasteiger partial charge in [0, 0.05) is 25.8 Å². The molecule has 1 saturated heterocycles. The van der Waals surface area contributed by atoms with Crippen molar-refractivity contribution in [2.45, 2.75) is 59.0 Å². The van der Waals surface area contributed by atoms with E-state index in [-0.39, 0.29) is 23.2 Å². The number of rotatable bonds is 6. The van der Waals surface area contributed by atoms with Crippen LogP contribution in [0.2, 0.25) is 0 Å². The van der Waals surface area contributed by atoms with Crippen LogP contribution in [0.25, 0.3) is 5.82 Å². The number of carbonyl (C=O) groups excluding carboxylic acids is 2. The molecule has 0 saturated carbocycles. The standard InChI is InChI=1S/C28H32N4O3/c1-18-6-8-19(9-7-18)12-13-29-27(34)20-10-11-24(30-17-20)32-21-15-28(2,3)16-22(33)25(21)26(31-32)23-5-4-14-35-23/h6-11,17,23H,4-5,12-16H2,1-3H3,(H,29,34). The Morgan fingerprint density at radius 2 is 1.97 bits per heavy atom. The lowest BCUT2D eigenvalue weighted by Crippen LogP contribution is -2.28. The normalized spacial score (nSPS) is 18.9. The van der Waals surface area contributed by atoms with Gasteiger partial charge in [-0.1, -0.05) is 43.7 Å². The van der Waals surface area contributed by atoms with Gasteiger partial charge in [0.2, 0.25) is 0 Å². The number of nitrogens with one attached hydrogen (secondary N) is 1. The Bertz CT molecular complexity index is 1240. The summed E-state index contributed by atoms with van der Waals surface area (Å²) in [4.78, 5) is 30.3. The van der Waals surface area contributed by atoms with Gasteiger partial charge in [-0.2, -0.15) is 5.10 Å². The molecule has 35 heavy (non-hydrogen) atoms. The number of fused-ring (bicyclic) bond motifs is 1. The van der Waals surface area contributed by atoms with E-state index in [4.69, 9.17) is 9.84 Å². The van der Waals surface area contributed by atoms with Crippen molar-refractivity contribution in [1.82, 2.24) is 20.1 Å². The second-order valence-electron chi connectivity index (χ2n) is 10.5. The minimum atomic E-state index is -0.157. The molecule has 7 heteroatoms. The van der Waals surface area contributed by atoms with Crippen molar-refractivity contribution in [3.63, 3.8) is 0 Å². The molecule has 7 nitrogen and oxygen atoms in total. The first-order valence-electron chi connectivity index (χ1n) is 12.4. The van der Waals surface area contributed by atoms with Gasteiger partial charge in [-0.3, -0.25) is 9.59 Å². The molecule has 0 spiro atoms. The Kier molecular flexibility index (Phi) is 6.28. The molecule has 0 radical (unpaired) electrons. The summed E-state index contributed by atoms with van der Waals surface area (Å²) in [7, 11) is 0. The second kappa shape index (κ2) is 9.38. The van der Waals surface area contributed by atoms with Gasteiger partial charge in [0.15, 0.2) is 11.6 Å². The quantitative estimate of drug-likeness (QED) is 0.569. The molecular formula is C28H32N4O3. The van der Waals surface area contributed by atoms with Crippen LogP contribution in [0, 0.1) is 12.3 Å². The maximum Gasteiger partial charge on any atom is 0.252 e. The van der Waals surface area contributed by atoms with Gasteiger partial charge in [0.1, 0.15) is 11.8 Å². The van der Waals surface area contributed by atoms with Crippen LogP contribution in [0.1, 0.15) is 82.4 Å². The predicted molar refractivity (Wildman–Crippen MR) is 133 cm³/mol. The van der Waals surface area contributed by atoms with Crippen LogP contribution in [0.3, 0.4) is 0 Å². The number of ketones is 1. The molecule has 1 aromatic carbocycles. The van der Waals surface area contributed by atoms with Crippen molar-refractivity contribution < 1.29 is 14.3 Å². The van der Waals surface area contributed by atoms with Crippen molar-refractivity contribution in [3.05, 3.63) is 76.2 Å². The summed E-state index contributed by atoms with van der Waals surface area (Å²) in [5, 5.41) is 7.80. The minimum absolute atomic E-state index is 0.123. The molecule has 1 unspecified atom stereocenters. The molecule has 1 atom stereocenters. The third-order valence-corrected chi connectivity index (χ3v) is 6.85. The van der Waals surface area contributed by atoms with Gasteiger partial charge in [-0.15, -0.1) is 0 Å². The SMILES string of the molecule is Cc1ccc(CCNC(=O)c2ccc(-n3nc(C4CCCO4)c4c3CC(C)(C)CC4=O)nc2)cc1. The van der Waals surface area contributed by atoms with Crippen LogP contribution in [0.15, 0.2) is 42.6 Å². The first kappa shape index (κ1) is 23.4. The van der Waals surface area contributed by atoms with Crippen LogP contribution in [0.5, 0.6) is 0 Å². The molecule has 1 aliphatic heterocycles. The number of hydrogen-bond donors (Lipinski definition) is 1. The molecule has 1 amide bonds. The number of Topliss-reactive ketones (excluding diaryl/α,β-unsaturated/α-hetero) is 1. The number of carbonyl (C=O) groups is 2. The smallest absolute Gasteiger partial charge is 0.252 e. The molecule has 3 heterocycles. The highest BCUT2D eigenvalue weighted by molar-refractivity contribution is 6.00. The number of benzene rings is 1. The third-order valence-electron chi connectivity index (χ3n) is 6.85. The first-order valence-corrected chi connectivity index (χ1v) is 12.4. The number of aryl methyl sites for hydroxylation is 1. The van der Waals surface area contributed by atoms with E-state index in [1.165, 1.54) is 11.1 Å². The van der Waals surface area contributed by atoms with E-state index >= 15 is 0 Å². The number of aromatic nitrogens is 3. The van der Waals surface area contributed by atoms with Crippen LogP contribution in [-0.2, 0) is 17.6 Å². The highest BCUT2D eigenvalue weighted by atomic mass is 16.5. The second-order valence-corrected chi connectivity index (χ2v) is 10.5. The molecule has 1 aliphatic carbocycles. The number of pyridine rings is 1. The van der Waals surface area contributed by atoms with Gasteiger partial charge in [-0.25, -0.2) is 9.67 Å². The van der Waals surface area contributed by atoms with E-state index in [1.54, 1.807) is 23.0 Å². The molecule has 3 aromatic rings. The maximum absolute atomic E-state index is 13.1. The van der Waals surface area contributed by atoms with Gasteiger partial charge in [0.05, 0.1) is 16.8 Å². The van der Waals surface area contributed by atoms with Crippen LogP contribution >= 0.6 is 0 Å². The summed E-state index contributed by atoms with van der Waals surface area (Å²) in [6, 6.07) is 11.9. The lowest BCUT2D eigenvalue weighted by Gasteiger charge is -2.29. The van der Waals surface area contributed by atoms with Crippen molar-refractivity contribution >= 4 is 11.7 Å². The van der Waals surface area contributed by atoms with Gasteiger partial charge < -0.3 is 10.1 Å². The Morgan fingerprint density at radius 1 is 1.17 bits per heavy atom. The Hall–Kier alpha value is -3.32. The summed E-state index contributed by atoms with van der Waals surface area (Å²) >= 11 is 0. The van der Waals surface area contributed by atoms with E-state index in [9.17, 15) is 9.59 Å². The summed E-state index contributed by atoms with van der Waals surface area (Å²) in [6.07, 6.45) is 5.28. The molecule has 5 rings (SSSR count). The Balaban J connectivity index is 1.35. The lowest BCUT2D eigenvalue weighted by atomic mass is 9.75. The Morgan fingerprint density at radius 3 is 2.66 bits per heavy atom. The first-order chi connectivity index (χ1) is 16.8. The zero-order valence-corrected chi connectivity index (χ0v) is 20.6. The highest BCUT2D eigenvalue weighted by Gasteiger charge is 2.39. The number of hydrogen-bond acceptors (Lipinski definition) is 5. The zero-order chi connectivity index (χ0) is 24.6. The fourth-order valence-corrected chi connectivity index (χ4v) is 5.01. The third kappa shape index (κ3) is 4.91. The van der Waals surface area contributed by atoms with Crippen LogP contribution in [0.4, 0.5) is 0 Å². The van der Waals surface area contributed by atoms with E-state index in [0.29, 0.717) is 36.5 Å². The van der Waals surface area contributed by atoms with Crippen molar-refractivity contribution in [1.29, 1.82) is 0 Å². The number of amides is 1.